The van der Waals surface area contributed by atoms with E-state index in [0.717, 1.165) is 6.42 Å². The van der Waals surface area contributed by atoms with Gasteiger partial charge in [-0.3, -0.25) is 14.4 Å². The number of amides is 3. The Morgan fingerprint density at radius 1 is 1.05 bits per heavy atom. The summed E-state index contributed by atoms with van der Waals surface area (Å²) in [6, 6.07) is 10.5. The van der Waals surface area contributed by atoms with Gasteiger partial charge < -0.3 is 17.2 Å². The lowest BCUT2D eigenvalue weighted by molar-refractivity contribution is -0.106. The first-order valence-electron chi connectivity index (χ1n) is 4.97. The van der Waals surface area contributed by atoms with E-state index in [2.05, 4.69) is 73.6 Å². The fraction of sp³-hybridized carbons (Fsp3) is 0.308. The highest BCUT2D eigenvalue weighted by molar-refractivity contribution is 7.96. The van der Waals surface area contributed by atoms with Crippen molar-refractivity contribution in [2.45, 2.75) is 28.2 Å². The third-order valence-electron chi connectivity index (χ3n) is 1.25. The van der Waals surface area contributed by atoms with Crippen LogP contribution in [-0.2, 0) is 11.2 Å². The minimum Gasteiger partial charge on any atom is -0.372 e. The summed E-state index contributed by atoms with van der Waals surface area (Å²) in [5.41, 5.74) is 14.2. The summed E-state index contributed by atoms with van der Waals surface area (Å²) in [5.74, 6) is 0. The molecule has 0 aliphatic heterocycles. The fourth-order valence-electron chi connectivity index (χ4n) is 0.714. The average molecular weight is 338 g/mol. The molecule has 6 N–H and O–H groups in total. The largest absolute Gasteiger partial charge is 0.372 e. The zero-order valence-corrected chi connectivity index (χ0v) is 12.3. The van der Waals surface area contributed by atoms with Crippen molar-refractivity contribution in [3.05, 3.63) is 35.9 Å². The average Bonchev–Trinajstić information content (AvgIpc) is 2.29. The van der Waals surface area contributed by atoms with Crippen molar-refractivity contribution in [2.24, 2.45) is 17.2 Å². The highest BCUT2D eigenvalue weighted by atomic mass is 32.1. The standard InChI is InChI=1S/C8H10.2CH3NOS.CH3NO.2CH4/c1-2-8-6-4-3-5-7-8;2*2-1(3)4;2-1-3;;/h3-7H,2H2,1H3;2*(H3,2,3,4);1H,(H2,2,3);2*1H4. The second-order valence-electron chi connectivity index (χ2n) is 2.65. The van der Waals surface area contributed by atoms with E-state index in [1.165, 1.54) is 5.56 Å². The lowest BCUT2D eigenvalue weighted by atomic mass is 10.2. The van der Waals surface area contributed by atoms with Crippen LogP contribution in [0.15, 0.2) is 30.3 Å². The second-order valence-corrected chi connectivity index (χ2v) is 3.53. The number of hydrogen-bond acceptors (Lipinski definition) is 3. The molecule has 21 heavy (non-hydrogen) atoms. The highest BCUT2D eigenvalue weighted by Gasteiger charge is 1.79. The Bertz CT molecular complexity index is 330. The third kappa shape index (κ3) is 70.4. The number of hydrogen-bond donors (Lipinski definition) is 5. The number of carbonyl (C=O) groups is 3. The second kappa shape index (κ2) is 26.8. The molecular weight excluding hydrogens is 310 g/mol. The zero-order chi connectivity index (χ0) is 15.7. The van der Waals surface area contributed by atoms with Gasteiger partial charge in [0, 0.05) is 0 Å². The number of aryl methyl sites for hydroxylation is 1. The van der Waals surface area contributed by atoms with Crippen LogP contribution in [0.2, 0.25) is 0 Å². The number of nitrogens with two attached hydrogens (primary N) is 3. The molecule has 0 fully saturated rings. The van der Waals surface area contributed by atoms with Crippen LogP contribution >= 0.6 is 25.3 Å². The van der Waals surface area contributed by atoms with Crippen LogP contribution in [0.25, 0.3) is 0 Å². The van der Waals surface area contributed by atoms with Gasteiger partial charge in [-0.25, -0.2) is 0 Å². The molecular formula is C13H27N3O3S2. The Balaban J connectivity index is -0.0000000576. The molecule has 6 nitrogen and oxygen atoms in total. The molecule has 3 amide bonds. The molecule has 0 saturated carbocycles. The van der Waals surface area contributed by atoms with Gasteiger partial charge in [0.2, 0.25) is 6.41 Å². The molecule has 1 rings (SSSR count). The van der Waals surface area contributed by atoms with Crippen LogP contribution in [-0.4, -0.2) is 16.9 Å². The van der Waals surface area contributed by atoms with Crippen molar-refractivity contribution in [3.63, 3.8) is 0 Å². The Kier molecular flexibility index (Phi) is 40.4. The summed E-state index contributed by atoms with van der Waals surface area (Å²) >= 11 is 6.21. The zero-order valence-electron chi connectivity index (χ0n) is 10.5. The molecule has 1 aromatic rings. The predicted octanol–water partition coefficient (Wildman–Crippen LogP) is 2.61. The summed E-state index contributed by atoms with van der Waals surface area (Å²) in [6.45, 7) is 2.16. The van der Waals surface area contributed by atoms with Gasteiger partial charge in [0.15, 0.2) is 0 Å². The lowest BCUT2D eigenvalue weighted by Crippen LogP contribution is -1.95. The van der Waals surface area contributed by atoms with Crippen LogP contribution in [0.5, 0.6) is 0 Å². The molecule has 0 spiro atoms. The topological polar surface area (TPSA) is 129 Å². The van der Waals surface area contributed by atoms with Crippen molar-refractivity contribution in [3.8, 4) is 0 Å². The van der Waals surface area contributed by atoms with E-state index in [-0.39, 0.29) is 21.3 Å². The molecule has 0 aliphatic carbocycles. The van der Waals surface area contributed by atoms with E-state index in [4.69, 9.17) is 14.4 Å². The van der Waals surface area contributed by atoms with Crippen molar-refractivity contribution in [1.82, 2.24) is 0 Å². The summed E-state index contributed by atoms with van der Waals surface area (Å²) in [6.07, 6.45) is 1.39. The first-order valence-corrected chi connectivity index (χ1v) is 5.87. The lowest BCUT2D eigenvalue weighted by Gasteiger charge is -1.89. The first kappa shape index (κ1) is 31.6. The Labute approximate surface area is 138 Å². The predicted molar refractivity (Wildman–Crippen MR) is 96.7 cm³/mol. The van der Waals surface area contributed by atoms with Crippen molar-refractivity contribution in [2.75, 3.05) is 0 Å². The Morgan fingerprint density at radius 3 is 1.43 bits per heavy atom. The SMILES string of the molecule is C.C.CCc1ccccc1.NC(=O)S.NC(=O)S.NC=O. The van der Waals surface area contributed by atoms with Gasteiger partial charge in [-0.2, -0.15) is 0 Å². The summed E-state index contributed by atoms with van der Waals surface area (Å²) in [4.78, 5) is 26.8. The smallest absolute Gasteiger partial charge is 0.273 e. The van der Waals surface area contributed by atoms with E-state index in [1.54, 1.807) is 0 Å². The van der Waals surface area contributed by atoms with Gasteiger partial charge in [-0.15, -0.1) is 0 Å². The van der Waals surface area contributed by atoms with Crippen LogP contribution in [0, 0.1) is 0 Å². The van der Waals surface area contributed by atoms with Gasteiger partial charge >= 0.3 is 0 Å². The molecule has 1 aromatic carbocycles. The molecule has 124 valence electrons. The van der Waals surface area contributed by atoms with E-state index < -0.39 is 10.5 Å². The minimum absolute atomic E-state index is 0. The fourth-order valence-corrected chi connectivity index (χ4v) is 0.714. The normalized spacial score (nSPS) is 6.43. The molecule has 8 heteroatoms. The molecule has 0 bridgehead atoms. The van der Waals surface area contributed by atoms with Gasteiger partial charge in [0.25, 0.3) is 10.5 Å². The highest BCUT2D eigenvalue weighted by Crippen LogP contribution is 1.96. The van der Waals surface area contributed by atoms with Crippen LogP contribution in [0.1, 0.15) is 27.3 Å². The molecule has 0 heterocycles. The quantitative estimate of drug-likeness (QED) is 0.399. The van der Waals surface area contributed by atoms with E-state index in [1.807, 2.05) is 6.07 Å². The number of primary amides is 3. The van der Waals surface area contributed by atoms with Gasteiger partial charge in [-0.05, 0) is 12.0 Å². The Hall–Kier alpha value is -1.67. The maximum Gasteiger partial charge on any atom is 0.273 e. The van der Waals surface area contributed by atoms with Crippen LogP contribution in [0.3, 0.4) is 0 Å². The van der Waals surface area contributed by atoms with Crippen molar-refractivity contribution >= 4 is 42.1 Å². The first-order chi connectivity index (χ1) is 8.81. The van der Waals surface area contributed by atoms with Crippen molar-refractivity contribution < 1.29 is 14.4 Å². The van der Waals surface area contributed by atoms with Crippen LogP contribution in [0.4, 0.5) is 9.59 Å². The molecule has 0 atom stereocenters. The van der Waals surface area contributed by atoms with Gasteiger partial charge in [0.1, 0.15) is 0 Å². The number of benzene rings is 1. The summed E-state index contributed by atoms with van der Waals surface area (Å²) < 4.78 is 0. The maximum atomic E-state index is 9.09. The molecule has 0 radical (unpaired) electrons. The third-order valence-corrected chi connectivity index (χ3v) is 1.25. The molecule has 0 saturated heterocycles. The maximum absolute atomic E-state index is 9.09. The summed E-state index contributed by atoms with van der Waals surface area (Å²) in [5, 5.41) is -1.28. The molecule has 0 unspecified atom stereocenters. The monoisotopic (exact) mass is 337 g/mol. The minimum atomic E-state index is -0.639. The van der Waals surface area contributed by atoms with Crippen LogP contribution < -0.4 is 17.2 Å². The summed E-state index contributed by atoms with van der Waals surface area (Å²) in [7, 11) is 0. The van der Waals surface area contributed by atoms with E-state index in [9.17, 15) is 0 Å². The van der Waals surface area contributed by atoms with E-state index in [0.29, 0.717) is 0 Å². The number of thiol groups is 2. The van der Waals surface area contributed by atoms with Crippen molar-refractivity contribution in [1.29, 1.82) is 0 Å². The molecule has 0 aliphatic rings. The number of rotatable bonds is 1. The van der Waals surface area contributed by atoms with E-state index >= 15 is 0 Å². The van der Waals surface area contributed by atoms with Gasteiger partial charge in [-0.1, -0.05) is 77.4 Å². The molecule has 0 aromatic heterocycles. The number of carbonyl (C=O) groups excluding carboxylic acids is 3. The Morgan fingerprint density at radius 2 is 1.29 bits per heavy atom. The van der Waals surface area contributed by atoms with Gasteiger partial charge in [0.05, 0.1) is 0 Å².